The first-order valence-corrected chi connectivity index (χ1v) is 8.69. The van der Waals surface area contributed by atoms with E-state index in [2.05, 4.69) is 12.4 Å². The summed E-state index contributed by atoms with van der Waals surface area (Å²) >= 11 is 0. The summed E-state index contributed by atoms with van der Waals surface area (Å²) in [5.41, 5.74) is 0.419. The Morgan fingerprint density at radius 2 is 1.76 bits per heavy atom. The van der Waals surface area contributed by atoms with Gasteiger partial charge in [0.15, 0.2) is 0 Å². The third kappa shape index (κ3) is 4.41. The van der Waals surface area contributed by atoms with E-state index in [1.807, 2.05) is 0 Å². The Morgan fingerprint density at radius 1 is 1.00 bits per heavy atom. The Kier molecular flexibility index (Phi) is 7.44. The number of nitrogens with one attached hydrogen (secondary N) is 1. The van der Waals surface area contributed by atoms with Crippen LogP contribution < -0.4 is 5.32 Å². The lowest BCUT2D eigenvalue weighted by molar-refractivity contribution is -0.144. The molecule has 2 unspecified atom stereocenters. The normalized spacial score (nSPS) is 28.3. The second-order valence-electron chi connectivity index (χ2n) is 6.54. The molecule has 124 valence electrons. The van der Waals surface area contributed by atoms with Gasteiger partial charge in [0.1, 0.15) is 0 Å². The second-order valence-corrected chi connectivity index (χ2v) is 6.54. The van der Waals surface area contributed by atoms with Crippen molar-refractivity contribution in [1.82, 2.24) is 5.32 Å². The van der Waals surface area contributed by atoms with Gasteiger partial charge in [-0.3, -0.25) is 0 Å². The molecule has 4 heteroatoms. The monoisotopic (exact) mass is 299 g/mol. The van der Waals surface area contributed by atoms with Gasteiger partial charge in [0.05, 0.1) is 19.3 Å². The molecule has 21 heavy (non-hydrogen) atoms. The van der Waals surface area contributed by atoms with Crippen molar-refractivity contribution in [2.75, 3.05) is 40.6 Å². The Hall–Kier alpha value is -0.160. The van der Waals surface area contributed by atoms with E-state index in [9.17, 15) is 0 Å². The Morgan fingerprint density at radius 3 is 2.43 bits per heavy atom. The van der Waals surface area contributed by atoms with Crippen molar-refractivity contribution in [2.45, 2.75) is 63.5 Å². The van der Waals surface area contributed by atoms with Crippen molar-refractivity contribution in [1.29, 1.82) is 0 Å². The van der Waals surface area contributed by atoms with Crippen LogP contribution in [0, 0.1) is 5.41 Å². The summed E-state index contributed by atoms with van der Waals surface area (Å²) in [5, 5.41) is 3.53. The van der Waals surface area contributed by atoms with E-state index < -0.39 is 0 Å². The molecule has 0 aliphatic heterocycles. The van der Waals surface area contributed by atoms with Gasteiger partial charge < -0.3 is 19.5 Å². The van der Waals surface area contributed by atoms with Crippen LogP contribution >= 0.6 is 0 Å². The molecule has 1 spiro atoms. The first-order chi connectivity index (χ1) is 10.3. The molecule has 0 bridgehead atoms. The van der Waals surface area contributed by atoms with Crippen molar-refractivity contribution in [3.05, 3.63) is 0 Å². The van der Waals surface area contributed by atoms with Gasteiger partial charge >= 0.3 is 0 Å². The fourth-order valence-electron chi connectivity index (χ4n) is 4.07. The fraction of sp³-hybridized carbons (Fsp3) is 1.00. The van der Waals surface area contributed by atoms with Crippen molar-refractivity contribution in [3.63, 3.8) is 0 Å². The van der Waals surface area contributed by atoms with Crippen LogP contribution in [0.4, 0.5) is 0 Å². The van der Waals surface area contributed by atoms with E-state index in [0.717, 1.165) is 19.6 Å². The maximum absolute atomic E-state index is 6.21. The zero-order valence-electron chi connectivity index (χ0n) is 13.9. The molecule has 0 saturated heterocycles. The molecule has 0 aromatic heterocycles. The molecule has 0 aromatic carbocycles. The molecule has 2 saturated carbocycles. The fourth-order valence-corrected chi connectivity index (χ4v) is 4.07. The van der Waals surface area contributed by atoms with Gasteiger partial charge in [-0.25, -0.2) is 0 Å². The van der Waals surface area contributed by atoms with Crippen molar-refractivity contribution in [2.24, 2.45) is 5.41 Å². The summed E-state index contributed by atoms with van der Waals surface area (Å²) in [5.74, 6) is 0. The van der Waals surface area contributed by atoms with E-state index in [1.54, 1.807) is 7.11 Å². The Labute approximate surface area is 129 Å². The van der Waals surface area contributed by atoms with E-state index in [4.69, 9.17) is 14.2 Å². The molecule has 0 radical (unpaired) electrons. The van der Waals surface area contributed by atoms with Crippen LogP contribution in [0.1, 0.15) is 51.4 Å². The molecule has 0 heterocycles. The van der Waals surface area contributed by atoms with Crippen LogP contribution in [0.5, 0.6) is 0 Å². The van der Waals surface area contributed by atoms with Gasteiger partial charge in [-0.2, -0.15) is 0 Å². The third-order valence-electron chi connectivity index (χ3n) is 5.35. The SMILES string of the molecule is CNC1CC(OCCCOCCOC)C12CCCCCC2. The van der Waals surface area contributed by atoms with Gasteiger partial charge in [0.25, 0.3) is 0 Å². The number of hydrogen-bond acceptors (Lipinski definition) is 4. The summed E-state index contributed by atoms with van der Waals surface area (Å²) in [6.07, 6.45) is 10.9. The van der Waals surface area contributed by atoms with Gasteiger partial charge in [0, 0.05) is 31.8 Å². The second kappa shape index (κ2) is 9.09. The zero-order valence-corrected chi connectivity index (χ0v) is 13.9. The lowest BCUT2D eigenvalue weighted by atomic mass is 9.58. The highest BCUT2D eigenvalue weighted by Crippen LogP contribution is 2.52. The van der Waals surface area contributed by atoms with Crippen molar-refractivity contribution < 1.29 is 14.2 Å². The van der Waals surface area contributed by atoms with Crippen LogP contribution in [-0.2, 0) is 14.2 Å². The summed E-state index contributed by atoms with van der Waals surface area (Å²) in [6, 6.07) is 0.665. The predicted molar refractivity (Wildman–Crippen MR) is 84.7 cm³/mol. The predicted octanol–water partition coefficient (Wildman–Crippen LogP) is 2.76. The number of ether oxygens (including phenoxy) is 3. The summed E-state index contributed by atoms with van der Waals surface area (Å²) in [4.78, 5) is 0. The van der Waals surface area contributed by atoms with Crippen LogP contribution in [0.25, 0.3) is 0 Å². The van der Waals surface area contributed by atoms with Gasteiger partial charge in [0.2, 0.25) is 0 Å². The van der Waals surface area contributed by atoms with E-state index in [-0.39, 0.29) is 0 Å². The number of hydrogen-bond donors (Lipinski definition) is 1. The zero-order chi connectivity index (χ0) is 15.0. The summed E-state index contributed by atoms with van der Waals surface area (Å²) < 4.78 is 16.7. The summed E-state index contributed by atoms with van der Waals surface area (Å²) in [6.45, 7) is 2.97. The minimum absolute atomic E-state index is 0.419. The topological polar surface area (TPSA) is 39.7 Å². The maximum Gasteiger partial charge on any atom is 0.0700 e. The highest BCUT2D eigenvalue weighted by atomic mass is 16.5. The Bertz CT molecular complexity index is 277. The smallest absolute Gasteiger partial charge is 0.0700 e. The highest BCUT2D eigenvalue weighted by Gasteiger charge is 2.54. The van der Waals surface area contributed by atoms with E-state index in [0.29, 0.717) is 30.8 Å². The molecule has 4 nitrogen and oxygen atoms in total. The quantitative estimate of drug-likeness (QED) is 0.665. The van der Waals surface area contributed by atoms with Crippen LogP contribution in [0.15, 0.2) is 0 Å². The minimum atomic E-state index is 0.419. The lowest BCUT2D eigenvalue weighted by Crippen LogP contribution is -2.63. The first kappa shape index (κ1) is 17.2. The molecule has 2 fully saturated rings. The lowest BCUT2D eigenvalue weighted by Gasteiger charge is -2.56. The molecule has 2 aliphatic rings. The van der Waals surface area contributed by atoms with Gasteiger partial charge in [-0.15, -0.1) is 0 Å². The van der Waals surface area contributed by atoms with Gasteiger partial charge in [-0.1, -0.05) is 25.7 Å². The highest BCUT2D eigenvalue weighted by molar-refractivity contribution is 5.07. The van der Waals surface area contributed by atoms with Crippen molar-refractivity contribution >= 4 is 0 Å². The molecule has 2 rings (SSSR count). The van der Waals surface area contributed by atoms with Gasteiger partial charge in [-0.05, 0) is 32.7 Å². The molecular weight excluding hydrogens is 266 g/mol. The standard InChI is InChI=1S/C17H33NO3/c1-18-15-14-16(17(15)8-5-3-4-6-9-17)21-11-7-10-20-13-12-19-2/h15-16,18H,3-14H2,1-2H3. The van der Waals surface area contributed by atoms with E-state index in [1.165, 1.54) is 44.9 Å². The largest absolute Gasteiger partial charge is 0.382 e. The van der Waals surface area contributed by atoms with Crippen LogP contribution in [0.2, 0.25) is 0 Å². The molecule has 1 N–H and O–H groups in total. The first-order valence-electron chi connectivity index (χ1n) is 8.69. The third-order valence-corrected chi connectivity index (χ3v) is 5.35. The molecule has 2 aliphatic carbocycles. The Balaban J connectivity index is 1.67. The number of rotatable bonds is 9. The van der Waals surface area contributed by atoms with E-state index >= 15 is 0 Å². The molecule has 0 amide bonds. The summed E-state index contributed by atoms with van der Waals surface area (Å²) in [7, 11) is 3.81. The number of methoxy groups -OCH3 is 1. The average Bonchev–Trinajstić information content (AvgIpc) is 2.76. The van der Waals surface area contributed by atoms with Crippen LogP contribution in [0.3, 0.4) is 0 Å². The van der Waals surface area contributed by atoms with Crippen LogP contribution in [-0.4, -0.2) is 52.7 Å². The minimum Gasteiger partial charge on any atom is -0.382 e. The molecular formula is C17H33NO3. The average molecular weight is 299 g/mol. The maximum atomic E-state index is 6.21. The molecule has 2 atom stereocenters. The molecule has 0 aromatic rings. The van der Waals surface area contributed by atoms with Crippen molar-refractivity contribution in [3.8, 4) is 0 Å².